The lowest BCUT2D eigenvalue weighted by atomic mass is 10.2. The monoisotopic (exact) mass is 167 g/mol. The van der Waals surface area contributed by atoms with Crippen molar-refractivity contribution < 1.29 is 5.11 Å². The fourth-order valence-electron chi connectivity index (χ4n) is 0.800. The van der Waals surface area contributed by atoms with Gasteiger partial charge in [-0.25, -0.2) is 0 Å². The van der Waals surface area contributed by atoms with Gasteiger partial charge in [-0.2, -0.15) is 0 Å². The summed E-state index contributed by atoms with van der Waals surface area (Å²) in [6.07, 6.45) is 0. The number of rotatable bonds is 2. The lowest BCUT2D eigenvalue weighted by Crippen LogP contribution is -2.04. The molecule has 12 heavy (non-hydrogen) atoms. The zero-order valence-corrected chi connectivity index (χ0v) is 7.75. The molecule has 0 spiro atoms. The van der Waals surface area contributed by atoms with Crippen LogP contribution in [0.25, 0.3) is 0 Å². The Labute approximate surface area is 74.2 Å². The predicted molar refractivity (Wildman–Crippen MR) is 52.0 cm³/mol. The van der Waals surface area contributed by atoms with E-state index in [-0.39, 0.29) is 6.61 Å². The molecular weight excluding hydrogens is 150 g/mol. The van der Waals surface area contributed by atoms with Crippen molar-refractivity contribution in [1.82, 2.24) is 5.32 Å². The summed E-state index contributed by atoms with van der Waals surface area (Å²) in [7, 11) is 1.95. The molecule has 0 aromatic heterocycles. The fourth-order valence-corrected chi connectivity index (χ4v) is 0.800. The summed E-state index contributed by atoms with van der Waals surface area (Å²) in [5.74, 6) is 0. The van der Waals surface area contributed by atoms with Crippen LogP contribution in [0.1, 0.15) is 12.5 Å². The molecular formula is C10H17NO. The molecule has 0 aliphatic rings. The Hall–Kier alpha value is -0.860. The molecule has 0 aliphatic heterocycles. The van der Waals surface area contributed by atoms with Gasteiger partial charge in [0.25, 0.3) is 0 Å². The van der Waals surface area contributed by atoms with Crippen molar-refractivity contribution in [3.63, 3.8) is 0 Å². The summed E-state index contributed by atoms with van der Waals surface area (Å²) in [5, 5.41) is 10.7. The minimum atomic E-state index is 0.250. The van der Waals surface area contributed by atoms with Gasteiger partial charge >= 0.3 is 0 Å². The third-order valence-electron chi connectivity index (χ3n) is 1.22. The highest BCUT2D eigenvalue weighted by Crippen LogP contribution is 1.95. The minimum absolute atomic E-state index is 0.250. The summed E-state index contributed by atoms with van der Waals surface area (Å²) in [6, 6.07) is 10.3. The van der Waals surface area contributed by atoms with Gasteiger partial charge < -0.3 is 10.4 Å². The van der Waals surface area contributed by atoms with Gasteiger partial charge in [0.15, 0.2) is 0 Å². The molecule has 0 aliphatic carbocycles. The molecule has 0 heterocycles. The van der Waals surface area contributed by atoms with Crippen LogP contribution in [-0.2, 0) is 6.54 Å². The van der Waals surface area contributed by atoms with E-state index in [4.69, 9.17) is 5.11 Å². The number of hydrogen-bond donors (Lipinski definition) is 2. The number of nitrogens with one attached hydrogen (secondary N) is 1. The van der Waals surface area contributed by atoms with Gasteiger partial charge in [-0.3, -0.25) is 0 Å². The van der Waals surface area contributed by atoms with E-state index in [1.807, 2.05) is 25.2 Å². The number of aliphatic hydroxyl groups is 1. The van der Waals surface area contributed by atoms with Gasteiger partial charge in [-0.1, -0.05) is 30.3 Å². The lowest BCUT2D eigenvalue weighted by molar-refractivity contribution is 0.318. The molecule has 0 atom stereocenters. The molecule has 2 heteroatoms. The highest BCUT2D eigenvalue weighted by Gasteiger charge is 1.83. The van der Waals surface area contributed by atoms with Crippen molar-refractivity contribution >= 4 is 0 Å². The Morgan fingerprint density at radius 2 is 1.75 bits per heavy atom. The third-order valence-corrected chi connectivity index (χ3v) is 1.22. The molecule has 1 rings (SSSR count). The van der Waals surface area contributed by atoms with Gasteiger partial charge in [0.1, 0.15) is 0 Å². The van der Waals surface area contributed by atoms with Crippen LogP contribution in [0.2, 0.25) is 0 Å². The minimum Gasteiger partial charge on any atom is -0.397 e. The van der Waals surface area contributed by atoms with Gasteiger partial charge in [0, 0.05) is 13.2 Å². The van der Waals surface area contributed by atoms with E-state index in [2.05, 4.69) is 17.4 Å². The second-order valence-corrected chi connectivity index (χ2v) is 2.33. The molecule has 1 aromatic carbocycles. The molecule has 1 aromatic rings. The standard InChI is InChI=1S/C8H11N.C2H6O/c1-9-7-8-5-3-2-4-6-8;1-2-3/h2-6,9H,7H2,1H3;3H,2H2,1H3. The molecule has 0 fully saturated rings. The van der Waals surface area contributed by atoms with Crippen molar-refractivity contribution in [3.05, 3.63) is 35.9 Å². The van der Waals surface area contributed by atoms with Crippen molar-refractivity contribution in [2.45, 2.75) is 13.5 Å². The quantitative estimate of drug-likeness (QED) is 0.698. The molecule has 0 saturated carbocycles. The van der Waals surface area contributed by atoms with Gasteiger partial charge in [0.2, 0.25) is 0 Å². The number of aliphatic hydroxyl groups excluding tert-OH is 1. The van der Waals surface area contributed by atoms with Crippen LogP contribution < -0.4 is 5.32 Å². The molecule has 68 valence electrons. The predicted octanol–water partition coefficient (Wildman–Crippen LogP) is 1.40. The van der Waals surface area contributed by atoms with E-state index in [0.717, 1.165) is 6.54 Å². The average molecular weight is 167 g/mol. The fraction of sp³-hybridized carbons (Fsp3) is 0.400. The summed E-state index contributed by atoms with van der Waals surface area (Å²) >= 11 is 0. The van der Waals surface area contributed by atoms with Crippen molar-refractivity contribution in [2.75, 3.05) is 13.7 Å². The first-order valence-corrected chi connectivity index (χ1v) is 4.14. The van der Waals surface area contributed by atoms with Crippen molar-refractivity contribution in [1.29, 1.82) is 0 Å². The van der Waals surface area contributed by atoms with Crippen LogP contribution in [0.3, 0.4) is 0 Å². The van der Waals surface area contributed by atoms with Crippen molar-refractivity contribution in [2.24, 2.45) is 0 Å². The summed E-state index contributed by atoms with van der Waals surface area (Å²) < 4.78 is 0. The first kappa shape index (κ1) is 11.1. The highest BCUT2D eigenvalue weighted by molar-refractivity contribution is 5.13. The second kappa shape index (κ2) is 8.24. The summed E-state index contributed by atoms with van der Waals surface area (Å²) in [4.78, 5) is 0. The molecule has 2 N–H and O–H groups in total. The van der Waals surface area contributed by atoms with Crippen LogP contribution in [0.15, 0.2) is 30.3 Å². The van der Waals surface area contributed by atoms with E-state index in [9.17, 15) is 0 Å². The van der Waals surface area contributed by atoms with Crippen LogP contribution in [0.4, 0.5) is 0 Å². The zero-order chi connectivity index (χ0) is 9.23. The summed E-state index contributed by atoms with van der Waals surface area (Å²) in [5.41, 5.74) is 1.33. The van der Waals surface area contributed by atoms with Crippen molar-refractivity contribution in [3.8, 4) is 0 Å². The Morgan fingerprint density at radius 1 is 1.25 bits per heavy atom. The SMILES string of the molecule is CCO.CNCc1ccccc1. The van der Waals surface area contributed by atoms with E-state index in [0.29, 0.717) is 0 Å². The van der Waals surface area contributed by atoms with E-state index < -0.39 is 0 Å². The van der Waals surface area contributed by atoms with E-state index in [1.165, 1.54) is 5.56 Å². The molecule has 0 radical (unpaired) electrons. The van der Waals surface area contributed by atoms with Gasteiger partial charge in [-0.15, -0.1) is 0 Å². The maximum absolute atomic E-state index is 7.57. The first-order chi connectivity index (χ1) is 5.85. The second-order valence-electron chi connectivity index (χ2n) is 2.33. The third kappa shape index (κ3) is 5.89. The van der Waals surface area contributed by atoms with Gasteiger partial charge in [-0.05, 0) is 19.5 Å². The van der Waals surface area contributed by atoms with E-state index >= 15 is 0 Å². The lowest BCUT2D eigenvalue weighted by Gasteiger charge is -1.95. The maximum atomic E-state index is 7.57. The molecule has 0 amide bonds. The normalized spacial score (nSPS) is 8.58. The Morgan fingerprint density at radius 3 is 2.17 bits per heavy atom. The Bertz CT molecular complexity index is 174. The van der Waals surface area contributed by atoms with Crippen LogP contribution >= 0.6 is 0 Å². The van der Waals surface area contributed by atoms with Crippen LogP contribution in [-0.4, -0.2) is 18.8 Å². The summed E-state index contributed by atoms with van der Waals surface area (Å²) in [6.45, 7) is 2.89. The maximum Gasteiger partial charge on any atom is 0.0402 e. The first-order valence-electron chi connectivity index (χ1n) is 4.14. The molecule has 0 saturated heterocycles. The number of hydrogen-bond acceptors (Lipinski definition) is 2. The van der Waals surface area contributed by atoms with Gasteiger partial charge in [0.05, 0.1) is 0 Å². The molecule has 2 nitrogen and oxygen atoms in total. The molecule has 0 bridgehead atoms. The molecule has 0 unspecified atom stereocenters. The smallest absolute Gasteiger partial charge is 0.0402 e. The van der Waals surface area contributed by atoms with Crippen LogP contribution in [0.5, 0.6) is 0 Å². The largest absolute Gasteiger partial charge is 0.397 e. The number of benzene rings is 1. The average Bonchev–Trinajstić information content (AvgIpc) is 2.08. The highest BCUT2D eigenvalue weighted by atomic mass is 16.2. The van der Waals surface area contributed by atoms with E-state index in [1.54, 1.807) is 6.92 Å². The zero-order valence-electron chi connectivity index (χ0n) is 7.75. The van der Waals surface area contributed by atoms with Crippen LogP contribution in [0, 0.1) is 0 Å². The Kier molecular flexibility index (Phi) is 7.65. The Balaban J connectivity index is 0.000000354. The topological polar surface area (TPSA) is 32.3 Å².